The number of rotatable bonds is 9. The summed E-state index contributed by atoms with van der Waals surface area (Å²) >= 11 is 6.13. The standard InChI is InChI=1S/C23H26ClF3NO4P/c1-3-4-10-28(33(30,31)32-2)11-9-22(29)21-12-15-5-6-16(23(25,26)27)13-19(15)20-14-17(24)7-8-18(20)21/h5-8,12-14,22,29H,3-4,9-11H2,1-2H3,(H,30,31). The molecule has 2 N–H and O–H groups in total. The molecule has 0 fully saturated rings. The summed E-state index contributed by atoms with van der Waals surface area (Å²) in [6, 6.07) is 9.96. The molecule has 0 aromatic heterocycles. The zero-order valence-electron chi connectivity index (χ0n) is 18.3. The van der Waals surface area contributed by atoms with Crippen molar-refractivity contribution in [1.29, 1.82) is 0 Å². The molecule has 0 saturated carbocycles. The van der Waals surface area contributed by atoms with E-state index in [1.165, 1.54) is 10.7 Å². The topological polar surface area (TPSA) is 70.0 Å². The number of aliphatic hydroxyl groups is 1. The number of hydrogen-bond acceptors (Lipinski definition) is 3. The summed E-state index contributed by atoms with van der Waals surface area (Å²) in [6.45, 7) is 2.39. The predicted molar refractivity (Wildman–Crippen MR) is 124 cm³/mol. The van der Waals surface area contributed by atoms with Gasteiger partial charge in [-0.15, -0.1) is 0 Å². The van der Waals surface area contributed by atoms with Crippen molar-refractivity contribution in [3.8, 4) is 0 Å². The molecule has 0 aliphatic carbocycles. The van der Waals surface area contributed by atoms with Gasteiger partial charge in [0, 0.05) is 25.2 Å². The predicted octanol–water partition coefficient (Wildman–Crippen LogP) is 6.94. The first-order valence-corrected chi connectivity index (χ1v) is 12.4. The molecular weight excluding hydrogens is 478 g/mol. The maximum atomic E-state index is 13.3. The normalized spacial score (nSPS) is 15.3. The third-order valence-corrected chi connectivity index (χ3v) is 7.48. The van der Waals surface area contributed by atoms with Crippen LogP contribution in [-0.2, 0) is 15.3 Å². The van der Waals surface area contributed by atoms with Crippen molar-refractivity contribution in [2.75, 3.05) is 20.2 Å². The zero-order chi connectivity index (χ0) is 24.4. The van der Waals surface area contributed by atoms with E-state index in [9.17, 15) is 27.7 Å². The van der Waals surface area contributed by atoms with Crippen LogP contribution >= 0.6 is 19.3 Å². The highest BCUT2D eigenvalue weighted by molar-refractivity contribution is 7.50. The molecule has 0 radical (unpaired) electrons. The highest BCUT2D eigenvalue weighted by Gasteiger charge is 2.31. The number of halogens is 4. The van der Waals surface area contributed by atoms with Crippen molar-refractivity contribution in [2.24, 2.45) is 0 Å². The van der Waals surface area contributed by atoms with Gasteiger partial charge in [0.15, 0.2) is 0 Å². The van der Waals surface area contributed by atoms with Crippen molar-refractivity contribution >= 4 is 40.9 Å². The molecule has 0 amide bonds. The molecule has 2 unspecified atom stereocenters. The number of aliphatic hydroxyl groups excluding tert-OH is 1. The van der Waals surface area contributed by atoms with Gasteiger partial charge in [0.1, 0.15) is 0 Å². The Kier molecular flexibility index (Phi) is 8.10. The maximum absolute atomic E-state index is 13.3. The molecule has 180 valence electrons. The Bertz CT molecular complexity index is 1190. The van der Waals surface area contributed by atoms with Gasteiger partial charge in [-0.25, -0.2) is 9.24 Å². The minimum Gasteiger partial charge on any atom is -0.388 e. The van der Waals surface area contributed by atoms with E-state index in [1.54, 1.807) is 24.3 Å². The van der Waals surface area contributed by atoms with Gasteiger partial charge < -0.3 is 14.5 Å². The van der Waals surface area contributed by atoms with Crippen LogP contribution in [0.1, 0.15) is 43.4 Å². The summed E-state index contributed by atoms with van der Waals surface area (Å²) in [6.07, 6.45) is -3.89. The molecule has 5 nitrogen and oxygen atoms in total. The Morgan fingerprint density at radius 2 is 1.82 bits per heavy atom. The fourth-order valence-electron chi connectivity index (χ4n) is 3.85. The number of benzene rings is 3. The summed E-state index contributed by atoms with van der Waals surface area (Å²) in [5.74, 6) is 0. The third kappa shape index (κ3) is 5.88. The Morgan fingerprint density at radius 1 is 1.09 bits per heavy atom. The van der Waals surface area contributed by atoms with Crippen molar-refractivity contribution < 1.29 is 32.3 Å². The lowest BCUT2D eigenvalue weighted by molar-refractivity contribution is -0.137. The van der Waals surface area contributed by atoms with Gasteiger partial charge in [-0.3, -0.25) is 0 Å². The molecule has 3 aromatic carbocycles. The van der Waals surface area contributed by atoms with Crippen LogP contribution < -0.4 is 0 Å². The first kappa shape index (κ1) is 25.9. The van der Waals surface area contributed by atoms with E-state index in [2.05, 4.69) is 0 Å². The van der Waals surface area contributed by atoms with Gasteiger partial charge >= 0.3 is 13.9 Å². The Hall–Kier alpha value is -1.67. The molecule has 0 bridgehead atoms. The van der Waals surface area contributed by atoms with Crippen LogP contribution in [0.2, 0.25) is 5.02 Å². The summed E-state index contributed by atoms with van der Waals surface area (Å²) in [5.41, 5.74) is -0.260. The lowest BCUT2D eigenvalue weighted by Gasteiger charge is -2.26. The Morgan fingerprint density at radius 3 is 2.45 bits per heavy atom. The minimum atomic E-state index is -4.49. The lowest BCUT2D eigenvalue weighted by Crippen LogP contribution is -2.25. The van der Waals surface area contributed by atoms with E-state index in [-0.39, 0.29) is 13.0 Å². The Balaban J connectivity index is 2.02. The average molecular weight is 504 g/mol. The summed E-state index contributed by atoms with van der Waals surface area (Å²) < 4.78 is 58.2. The van der Waals surface area contributed by atoms with Gasteiger partial charge in [0.25, 0.3) is 0 Å². The summed E-state index contributed by atoms with van der Waals surface area (Å²) in [5, 5.41) is 13.3. The number of alkyl halides is 3. The van der Waals surface area contributed by atoms with E-state index in [4.69, 9.17) is 16.1 Å². The van der Waals surface area contributed by atoms with Crippen LogP contribution in [0.3, 0.4) is 0 Å². The van der Waals surface area contributed by atoms with Gasteiger partial charge in [0.2, 0.25) is 0 Å². The van der Waals surface area contributed by atoms with E-state index in [0.717, 1.165) is 25.7 Å². The van der Waals surface area contributed by atoms with E-state index >= 15 is 0 Å². The molecule has 0 heterocycles. The van der Waals surface area contributed by atoms with Gasteiger partial charge in [0.05, 0.1) is 11.7 Å². The molecule has 0 saturated heterocycles. The van der Waals surface area contributed by atoms with Crippen molar-refractivity contribution in [1.82, 2.24) is 4.67 Å². The molecule has 0 aliphatic heterocycles. The number of nitrogens with zero attached hydrogens (tertiary/aromatic N) is 1. The van der Waals surface area contributed by atoms with Crippen molar-refractivity contribution in [3.63, 3.8) is 0 Å². The van der Waals surface area contributed by atoms with Crippen molar-refractivity contribution in [2.45, 2.75) is 38.5 Å². The fraction of sp³-hybridized carbons (Fsp3) is 0.391. The number of fused-ring (bicyclic) bond motifs is 3. The van der Waals surface area contributed by atoms with E-state index in [1.807, 2.05) is 6.92 Å². The number of hydrogen-bond donors (Lipinski definition) is 2. The van der Waals surface area contributed by atoms with Crippen LogP contribution in [0.5, 0.6) is 0 Å². The molecule has 10 heteroatoms. The molecule has 0 spiro atoms. The zero-order valence-corrected chi connectivity index (χ0v) is 19.9. The largest absolute Gasteiger partial charge is 0.416 e. The van der Waals surface area contributed by atoms with Crippen LogP contribution in [0, 0.1) is 0 Å². The number of unbranched alkanes of at least 4 members (excludes halogenated alkanes) is 1. The minimum absolute atomic E-state index is 0.100. The molecule has 3 aromatic rings. The highest BCUT2D eigenvalue weighted by Crippen LogP contribution is 2.46. The van der Waals surface area contributed by atoms with Crippen LogP contribution in [0.25, 0.3) is 21.5 Å². The lowest BCUT2D eigenvalue weighted by atomic mass is 9.92. The summed E-state index contributed by atoms with van der Waals surface area (Å²) in [4.78, 5) is 10.1. The van der Waals surface area contributed by atoms with E-state index in [0.29, 0.717) is 45.1 Å². The molecule has 3 rings (SSSR count). The van der Waals surface area contributed by atoms with Gasteiger partial charge in [-0.05, 0) is 70.3 Å². The average Bonchev–Trinajstić information content (AvgIpc) is 2.77. The SMILES string of the molecule is CCCCN(CCC(O)c1cc2ccc(C(F)(F)F)cc2c2cc(Cl)ccc12)P(=O)(O)OC. The second kappa shape index (κ2) is 10.3. The third-order valence-electron chi connectivity index (χ3n) is 5.66. The van der Waals surface area contributed by atoms with Crippen LogP contribution in [-0.4, -0.2) is 34.9 Å². The first-order valence-electron chi connectivity index (χ1n) is 10.5. The summed E-state index contributed by atoms with van der Waals surface area (Å²) in [7, 11) is -2.82. The highest BCUT2D eigenvalue weighted by atomic mass is 35.5. The second-order valence-corrected chi connectivity index (χ2v) is 10.2. The quantitative estimate of drug-likeness (QED) is 0.244. The monoisotopic (exact) mass is 503 g/mol. The van der Waals surface area contributed by atoms with Crippen molar-refractivity contribution in [3.05, 3.63) is 58.6 Å². The Labute approximate surface area is 195 Å². The fourth-order valence-corrected chi connectivity index (χ4v) is 5.02. The van der Waals surface area contributed by atoms with E-state index < -0.39 is 25.6 Å². The molecule has 0 aliphatic rings. The van der Waals surface area contributed by atoms with Gasteiger partial charge in [-0.1, -0.05) is 37.1 Å². The molecular formula is C23H26ClF3NO4P. The first-order chi connectivity index (χ1) is 15.5. The second-order valence-electron chi connectivity index (χ2n) is 7.87. The maximum Gasteiger partial charge on any atom is 0.416 e. The smallest absolute Gasteiger partial charge is 0.388 e. The van der Waals surface area contributed by atoms with Crippen LogP contribution in [0.4, 0.5) is 13.2 Å². The molecule has 33 heavy (non-hydrogen) atoms. The molecule has 2 atom stereocenters. The van der Waals surface area contributed by atoms with Gasteiger partial charge in [-0.2, -0.15) is 13.2 Å². The van der Waals surface area contributed by atoms with Crippen LogP contribution in [0.15, 0.2) is 42.5 Å².